The van der Waals surface area contributed by atoms with Crippen molar-refractivity contribution >= 4 is 11.6 Å². The van der Waals surface area contributed by atoms with Gasteiger partial charge in [-0.15, -0.1) is 0 Å². The third-order valence-corrected chi connectivity index (χ3v) is 2.73. The summed E-state index contributed by atoms with van der Waals surface area (Å²) in [5, 5.41) is 18.5. The lowest BCUT2D eigenvalue weighted by molar-refractivity contribution is -0.117. The maximum absolute atomic E-state index is 11.7. The maximum Gasteiger partial charge on any atom is 0.228 e. The second-order valence-electron chi connectivity index (χ2n) is 4.03. The number of anilines is 1. The Kier molecular flexibility index (Phi) is 2.53. The quantitative estimate of drug-likeness (QED) is 0.775. The first-order valence-electron chi connectivity index (χ1n) is 5.11. The molecule has 1 N–H and O–H groups in total. The first kappa shape index (κ1) is 10.5. The zero-order valence-electron chi connectivity index (χ0n) is 8.97. The molecule has 1 atom stereocenters. The number of carbonyl (C=O) groups excluding carboxylic acids is 1. The van der Waals surface area contributed by atoms with Crippen molar-refractivity contribution in [2.75, 3.05) is 11.4 Å². The topological polar surface area (TPSA) is 64.3 Å². The summed E-state index contributed by atoms with van der Waals surface area (Å²) >= 11 is 0. The lowest BCUT2D eigenvalue weighted by Gasteiger charge is -2.17. The molecule has 1 fully saturated rings. The molecule has 1 aromatic rings. The monoisotopic (exact) mass is 216 g/mol. The van der Waals surface area contributed by atoms with E-state index in [1.54, 1.807) is 18.2 Å². The lowest BCUT2D eigenvalue weighted by atomic mass is 10.1. The molecule has 2 rings (SSSR count). The van der Waals surface area contributed by atoms with Crippen molar-refractivity contribution in [2.45, 2.75) is 13.3 Å². The number of carbonyl (C=O) groups is 1. The van der Waals surface area contributed by atoms with Gasteiger partial charge < -0.3 is 10.0 Å². The minimum atomic E-state index is -0.271. The molecule has 4 nitrogen and oxygen atoms in total. The van der Waals surface area contributed by atoms with Crippen LogP contribution in [0.5, 0.6) is 5.75 Å². The Hall–Kier alpha value is -2.02. The molecule has 0 aliphatic carbocycles. The largest absolute Gasteiger partial charge is 0.506 e. The Morgan fingerprint density at radius 2 is 2.31 bits per heavy atom. The van der Waals surface area contributed by atoms with E-state index in [9.17, 15) is 9.90 Å². The Balaban J connectivity index is 2.35. The van der Waals surface area contributed by atoms with Crippen molar-refractivity contribution in [2.24, 2.45) is 5.92 Å². The van der Waals surface area contributed by atoms with E-state index in [4.69, 9.17) is 5.26 Å². The van der Waals surface area contributed by atoms with E-state index in [-0.39, 0.29) is 24.0 Å². The van der Waals surface area contributed by atoms with Gasteiger partial charge in [0.05, 0.1) is 17.7 Å². The number of nitriles is 1. The van der Waals surface area contributed by atoms with Gasteiger partial charge in [-0.05, 0) is 24.6 Å². The third-order valence-electron chi connectivity index (χ3n) is 2.73. The highest BCUT2D eigenvalue weighted by Gasteiger charge is 2.31. The van der Waals surface area contributed by atoms with Gasteiger partial charge in [0.2, 0.25) is 5.91 Å². The number of nitrogens with zero attached hydrogens (tertiary/aromatic N) is 2. The summed E-state index contributed by atoms with van der Waals surface area (Å²) in [7, 11) is 0. The van der Waals surface area contributed by atoms with Crippen LogP contribution in [0.4, 0.5) is 5.69 Å². The lowest BCUT2D eigenvalue weighted by Crippen LogP contribution is -2.24. The summed E-state index contributed by atoms with van der Waals surface area (Å²) in [5.74, 6) is -0.294. The van der Waals surface area contributed by atoms with Crippen LogP contribution in [0.15, 0.2) is 18.2 Å². The Bertz CT molecular complexity index is 476. The van der Waals surface area contributed by atoms with Crippen LogP contribution in [-0.4, -0.2) is 17.6 Å². The number of rotatable bonds is 1. The van der Waals surface area contributed by atoms with Crippen molar-refractivity contribution in [3.05, 3.63) is 23.8 Å². The molecule has 0 bridgehead atoms. The SMILES string of the molecule is Cc1ccc(O)c(N2CC(C#N)CC2=O)c1. The minimum Gasteiger partial charge on any atom is -0.506 e. The average molecular weight is 216 g/mol. The van der Waals surface area contributed by atoms with E-state index in [2.05, 4.69) is 6.07 Å². The van der Waals surface area contributed by atoms with Crippen LogP contribution in [-0.2, 0) is 4.79 Å². The molecular formula is C12H12N2O2. The number of hydrogen-bond acceptors (Lipinski definition) is 3. The first-order chi connectivity index (χ1) is 7.61. The Morgan fingerprint density at radius 3 is 2.94 bits per heavy atom. The molecule has 1 aliphatic rings. The van der Waals surface area contributed by atoms with E-state index in [0.717, 1.165) is 5.56 Å². The van der Waals surface area contributed by atoms with Crippen molar-refractivity contribution in [3.8, 4) is 11.8 Å². The highest BCUT2D eigenvalue weighted by Crippen LogP contribution is 2.32. The summed E-state index contributed by atoms with van der Waals surface area (Å²) in [4.78, 5) is 13.2. The molecule has 82 valence electrons. The van der Waals surface area contributed by atoms with E-state index in [1.807, 2.05) is 6.92 Å². The van der Waals surface area contributed by atoms with Crippen molar-refractivity contribution < 1.29 is 9.90 Å². The summed E-state index contributed by atoms with van der Waals surface area (Å²) in [6.07, 6.45) is 0.240. The standard InChI is InChI=1S/C12H12N2O2/c1-8-2-3-11(15)10(4-8)14-7-9(6-13)5-12(14)16/h2-4,9,15H,5,7H2,1H3. The molecule has 16 heavy (non-hydrogen) atoms. The van der Waals surface area contributed by atoms with Gasteiger partial charge in [-0.3, -0.25) is 4.79 Å². The smallest absolute Gasteiger partial charge is 0.228 e. The highest BCUT2D eigenvalue weighted by atomic mass is 16.3. The number of aryl methyl sites for hydroxylation is 1. The molecule has 1 unspecified atom stereocenters. The van der Waals surface area contributed by atoms with Gasteiger partial charge in [-0.25, -0.2) is 0 Å². The summed E-state index contributed by atoms with van der Waals surface area (Å²) in [6, 6.07) is 7.19. The molecule has 0 saturated carbocycles. The molecule has 4 heteroatoms. The summed E-state index contributed by atoms with van der Waals surface area (Å²) < 4.78 is 0. The van der Waals surface area contributed by atoms with Crippen LogP contribution in [0.25, 0.3) is 0 Å². The van der Waals surface area contributed by atoms with Crippen LogP contribution >= 0.6 is 0 Å². The molecule has 1 amide bonds. The number of hydrogen-bond donors (Lipinski definition) is 1. The fourth-order valence-electron chi connectivity index (χ4n) is 1.88. The third kappa shape index (κ3) is 1.72. The summed E-state index contributed by atoms with van der Waals surface area (Å²) in [6.45, 7) is 2.26. The van der Waals surface area contributed by atoms with Crippen molar-refractivity contribution in [1.29, 1.82) is 5.26 Å². The Labute approximate surface area is 93.7 Å². The van der Waals surface area contributed by atoms with Crippen LogP contribution in [0.2, 0.25) is 0 Å². The molecule has 1 saturated heterocycles. The molecule has 0 spiro atoms. The first-order valence-corrected chi connectivity index (χ1v) is 5.11. The minimum absolute atomic E-state index is 0.0811. The number of benzene rings is 1. The number of phenols is 1. The van der Waals surface area contributed by atoms with Crippen LogP contribution in [0.3, 0.4) is 0 Å². The van der Waals surface area contributed by atoms with Gasteiger partial charge in [0.1, 0.15) is 5.75 Å². The van der Waals surface area contributed by atoms with E-state index in [0.29, 0.717) is 12.2 Å². The van der Waals surface area contributed by atoms with Crippen molar-refractivity contribution in [3.63, 3.8) is 0 Å². The molecule has 0 radical (unpaired) electrons. The molecule has 1 aromatic carbocycles. The predicted octanol–water partition coefficient (Wildman–Crippen LogP) is 1.58. The van der Waals surface area contributed by atoms with E-state index >= 15 is 0 Å². The van der Waals surface area contributed by atoms with Crippen molar-refractivity contribution in [1.82, 2.24) is 0 Å². The van der Waals surface area contributed by atoms with Gasteiger partial charge in [-0.1, -0.05) is 6.07 Å². The average Bonchev–Trinajstić information content (AvgIpc) is 2.63. The molecular weight excluding hydrogens is 204 g/mol. The van der Waals surface area contributed by atoms with Gasteiger partial charge in [0.15, 0.2) is 0 Å². The Morgan fingerprint density at radius 1 is 1.56 bits per heavy atom. The van der Waals surface area contributed by atoms with Crippen LogP contribution in [0, 0.1) is 24.2 Å². The second kappa shape index (κ2) is 3.86. The maximum atomic E-state index is 11.7. The number of aromatic hydroxyl groups is 1. The second-order valence-corrected chi connectivity index (χ2v) is 4.03. The van der Waals surface area contributed by atoms with E-state index < -0.39 is 0 Å². The predicted molar refractivity (Wildman–Crippen MR) is 58.9 cm³/mol. The molecule has 1 heterocycles. The van der Waals surface area contributed by atoms with E-state index in [1.165, 1.54) is 4.90 Å². The fourth-order valence-corrected chi connectivity index (χ4v) is 1.88. The van der Waals surface area contributed by atoms with Gasteiger partial charge in [0, 0.05) is 13.0 Å². The number of amides is 1. The van der Waals surface area contributed by atoms with Gasteiger partial charge >= 0.3 is 0 Å². The van der Waals surface area contributed by atoms with Gasteiger partial charge in [-0.2, -0.15) is 5.26 Å². The molecule has 1 aliphatic heterocycles. The molecule has 0 aromatic heterocycles. The van der Waals surface area contributed by atoms with Crippen LogP contribution < -0.4 is 4.90 Å². The van der Waals surface area contributed by atoms with Crippen LogP contribution in [0.1, 0.15) is 12.0 Å². The number of phenolic OH excluding ortho intramolecular Hbond substituents is 1. The summed E-state index contributed by atoms with van der Waals surface area (Å²) in [5.41, 5.74) is 1.48. The highest BCUT2D eigenvalue weighted by molar-refractivity contribution is 5.97. The normalized spacial score (nSPS) is 19.9. The fraction of sp³-hybridized carbons (Fsp3) is 0.333. The zero-order valence-corrected chi connectivity index (χ0v) is 8.97. The zero-order chi connectivity index (χ0) is 11.7. The van der Waals surface area contributed by atoms with Gasteiger partial charge in [0.25, 0.3) is 0 Å².